The van der Waals surface area contributed by atoms with Crippen LogP contribution in [0.25, 0.3) is 0 Å². The summed E-state index contributed by atoms with van der Waals surface area (Å²) in [6.07, 6.45) is 1.59. The van der Waals surface area contributed by atoms with Crippen molar-refractivity contribution in [2.24, 2.45) is 5.10 Å². The fourth-order valence-electron chi connectivity index (χ4n) is 2.14. The third kappa shape index (κ3) is 5.55. The van der Waals surface area contributed by atoms with E-state index >= 15 is 0 Å². The first kappa shape index (κ1) is 18.4. The smallest absolute Gasteiger partial charge is 0.257 e. The lowest BCUT2D eigenvalue weighted by Gasteiger charge is -2.01. The number of nitrogens with one attached hydrogen (secondary N) is 2. The number of benzene rings is 2. The zero-order valence-electron chi connectivity index (χ0n) is 14.5. The van der Waals surface area contributed by atoms with E-state index in [4.69, 9.17) is 0 Å². The number of amides is 2. The Hall–Kier alpha value is -3.39. The molecule has 0 bridgehead atoms. The number of aromatic nitrogens is 2. The van der Waals surface area contributed by atoms with Crippen molar-refractivity contribution in [1.29, 1.82) is 0 Å². The molecule has 2 aromatic carbocycles. The summed E-state index contributed by atoms with van der Waals surface area (Å²) in [4.78, 5) is 24.1. The van der Waals surface area contributed by atoms with Crippen LogP contribution in [0.5, 0.6) is 0 Å². The van der Waals surface area contributed by atoms with Gasteiger partial charge in [0.2, 0.25) is 11.0 Å². The standard InChI is InChI=1S/C19H17N5O2S/c1-13-7-9-15(10-8-13)18(26)21-19-24-23-17(27-19)11-16(25)22-20-12-14-5-3-2-4-6-14/h2-10,12H,11H2,1H3,(H,22,25)(H,21,24,26)/b20-12-. The predicted octanol–water partition coefficient (Wildman–Crippen LogP) is 2.79. The van der Waals surface area contributed by atoms with Crippen molar-refractivity contribution >= 4 is 34.5 Å². The van der Waals surface area contributed by atoms with E-state index in [1.54, 1.807) is 18.3 Å². The highest BCUT2D eigenvalue weighted by Crippen LogP contribution is 2.17. The summed E-state index contributed by atoms with van der Waals surface area (Å²) in [5.74, 6) is -0.579. The largest absolute Gasteiger partial charge is 0.296 e. The molecule has 3 rings (SSSR count). The van der Waals surface area contributed by atoms with E-state index in [1.807, 2.05) is 49.4 Å². The minimum Gasteiger partial charge on any atom is -0.296 e. The third-order valence-electron chi connectivity index (χ3n) is 3.52. The summed E-state index contributed by atoms with van der Waals surface area (Å²) in [5.41, 5.74) is 4.93. The average molecular weight is 379 g/mol. The van der Waals surface area contributed by atoms with Crippen LogP contribution in [0.3, 0.4) is 0 Å². The molecule has 8 heteroatoms. The molecule has 0 aliphatic heterocycles. The van der Waals surface area contributed by atoms with Gasteiger partial charge in [-0.05, 0) is 24.6 Å². The van der Waals surface area contributed by atoms with Gasteiger partial charge in [-0.2, -0.15) is 5.10 Å². The van der Waals surface area contributed by atoms with E-state index < -0.39 is 0 Å². The SMILES string of the molecule is Cc1ccc(C(=O)Nc2nnc(CC(=O)N/N=C\c3ccccc3)s2)cc1. The molecule has 2 N–H and O–H groups in total. The van der Waals surface area contributed by atoms with Gasteiger partial charge >= 0.3 is 0 Å². The van der Waals surface area contributed by atoms with Gasteiger partial charge in [0.1, 0.15) is 5.01 Å². The Bertz CT molecular complexity index is 952. The van der Waals surface area contributed by atoms with Gasteiger partial charge < -0.3 is 0 Å². The zero-order valence-corrected chi connectivity index (χ0v) is 15.4. The maximum Gasteiger partial charge on any atom is 0.257 e. The molecule has 136 valence electrons. The monoisotopic (exact) mass is 379 g/mol. The lowest BCUT2D eigenvalue weighted by atomic mass is 10.1. The Kier molecular flexibility index (Phi) is 6.01. The predicted molar refractivity (Wildman–Crippen MR) is 105 cm³/mol. The van der Waals surface area contributed by atoms with E-state index in [1.165, 1.54) is 0 Å². The third-order valence-corrected chi connectivity index (χ3v) is 4.35. The zero-order chi connectivity index (χ0) is 19.1. The molecule has 3 aromatic rings. The maximum absolute atomic E-state index is 12.2. The molecule has 1 aromatic heterocycles. The van der Waals surface area contributed by atoms with Crippen LogP contribution in [0, 0.1) is 6.92 Å². The number of rotatable bonds is 6. The molecule has 0 saturated heterocycles. The molecule has 0 fully saturated rings. The van der Waals surface area contributed by atoms with Crippen LogP contribution in [-0.4, -0.2) is 28.2 Å². The Morgan fingerprint density at radius 3 is 2.56 bits per heavy atom. The van der Waals surface area contributed by atoms with E-state index in [0.29, 0.717) is 15.7 Å². The van der Waals surface area contributed by atoms with Crippen LogP contribution in [0.4, 0.5) is 5.13 Å². The number of hydrogen-bond acceptors (Lipinski definition) is 6. The second-order valence-electron chi connectivity index (χ2n) is 5.70. The summed E-state index contributed by atoms with van der Waals surface area (Å²) in [6.45, 7) is 1.95. The van der Waals surface area contributed by atoms with Crippen molar-refractivity contribution in [1.82, 2.24) is 15.6 Å². The van der Waals surface area contributed by atoms with Crippen molar-refractivity contribution < 1.29 is 9.59 Å². The first-order chi connectivity index (χ1) is 13.1. The van der Waals surface area contributed by atoms with Gasteiger partial charge in [-0.15, -0.1) is 10.2 Å². The van der Waals surface area contributed by atoms with Crippen molar-refractivity contribution in [3.8, 4) is 0 Å². The van der Waals surface area contributed by atoms with Crippen LogP contribution in [0.1, 0.15) is 26.5 Å². The van der Waals surface area contributed by atoms with Gasteiger partial charge in [0.15, 0.2) is 0 Å². The fourth-order valence-corrected chi connectivity index (χ4v) is 2.88. The molecule has 0 atom stereocenters. The average Bonchev–Trinajstić information content (AvgIpc) is 3.09. The Morgan fingerprint density at radius 1 is 1.07 bits per heavy atom. The number of hydrogen-bond donors (Lipinski definition) is 2. The molecule has 2 amide bonds. The minimum atomic E-state index is -0.310. The van der Waals surface area contributed by atoms with Gasteiger partial charge in [0.05, 0.1) is 12.6 Å². The molecule has 0 spiro atoms. The fraction of sp³-hybridized carbons (Fsp3) is 0.105. The molecule has 0 saturated carbocycles. The Labute approximate surface area is 160 Å². The summed E-state index contributed by atoms with van der Waals surface area (Å²) < 4.78 is 0. The van der Waals surface area contributed by atoms with Crippen molar-refractivity contribution in [3.63, 3.8) is 0 Å². The lowest BCUT2D eigenvalue weighted by Crippen LogP contribution is -2.19. The van der Waals surface area contributed by atoms with Crippen LogP contribution in [0.2, 0.25) is 0 Å². The number of anilines is 1. The summed E-state index contributed by atoms with van der Waals surface area (Å²) in [7, 11) is 0. The Morgan fingerprint density at radius 2 is 1.81 bits per heavy atom. The molecule has 1 heterocycles. The van der Waals surface area contributed by atoms with Crippen LogP contribution < -0.4 is 10.7 Å². The van der Waals surface area contributed by atoms with Gasteiger partial charge in [0, 0.05) is 5.56 Å². The van der Waals surface area contributed by atoms with Gasteiger partial charge in [0.25, 0.3) is 5.91 Å². The summed E-state index contributed by atoms with van der Waals surface area (Å²) in [5, 5.41) is 15.2. The van der Waals surface area contributed by atoms with E-state index in [2.05, 4.69) is 26.0 Å². The van der Waals surface area contributed by atoms with Crippen molar-refractivity contribution in [2.75, 3.05) is 5.32 Å². The lowest BCUT2D eigenvalue weighted by molar-refractivity contribution is -0.120. The number of hydrazone groups is 1. The van der Waals surface area contributed by atoms with Crippen LogP contribution in [0.15, 0.2) is 59.7 Å². The minimum absolute atomic E-state index is 0.0319. The number of carbonyl (C=O) groups excluding carboxylic acids is 2. The summed E-state index contributed by atoms with van der Waals surface area (Å²) >= 11 is 1.15. The highest BCUT2D eigenvalue weighted by molar-refractivity contribution is 7.15. The molecule has 0 aliphatic rings. The van der Waals surface area contributed by atoms with Gasteiger partial charge in [-0.25, -0.2) is 5.43 Å². The first-order valence-electron chi connectivity index (χ1n) is 8.17. The van der Waals surface area contributed by atoms with Crippen molar-refractivity contribution in [2.45, 2.75) is 13.3 Å². The molecule has 27 heavy (non-hydrogen) atoms. The Balaban J connectivity index is 1.51. The molecular formula is C19H17N5O2S. The highest BCUT2D eigenvalue weighted by Gasteiger charge is 2.12. The molecular weight excluding hydrogens is 362 g/mol. The van der Waals surface area contributed by atoms with Gasteiger partial charge in [-0.3, -0.25) is 14.9 Å². The number of nitrogens with zero attached hydrogens (tertiary/aromatic N) is 3. The quantitative estimate of drug-likeness (QED) is 0.508. The van der Waals surface area contributed by atoms with Gasteiger partial charge in [-0.1, -0.05) is 59.4 Å². The molecule has 0 unspecified atom stereocenters. The molecule has 0 aliphatic carbocycles. The summed E-state index contributed by atoms with van der Waals surface area (Å²) in [6, 6.07) is 16.6. The number of aryl methyl sites for hydroxylation is 1. The second-order valence-corrected chi connectivity index (χ2v) is 6.76. The number of carbonyl (C=O) groups is 2. The van der Waals surface area contributed by atoms with E-state index in [-0.39, 0.29) is 18.2 Å². The second kappa shape index (κ2) is 8.81. The van der Waals surface area contributed by atoms with E-state index in [0.717, 1.165) is 22.5 Å². The maximum atomic E-state index is 12.2. The topological polar surface area (TPSA) is 96.3 Å². The highest BCUT2D eigenvalue weighted by atomic mass is 32.1. The molecule has 7 nitrogen and oxygen atoms in total. The van der Waals surface area contributed by atoms with Crippen LogP contribution >= 0.6 is 11.3 Å². The first-order valence-corrected chi connectivity index (χ1v) is 8.99. The van der Waals surface area contributed by atoms with Crippen LogP contribution in [-0.2, 0) is 11.2 Å². The normalized spacial score (nSPS) is 10.7. The van der Waals surface area contributed by atoms with Crippen molar-refractivity contribution in [3.05, 3.63) is 76.3 Å². The van der Waals surface area contributed by atoms with E-state index in [9.17, 15) is 9.59 Å². The molecule has 0 radical (unpaired) electrons.